The van der Waals surface area contributed by atoms with Gasteiger partial charge in [-0.2, -0.15) is 0 Å². The van der Waals surface area contributed by atoms with Gasteiger partial charge in [0.15, 0.2) is 0 Å². The minimum absolute atomic E-state index is 0.146. The molecule has 0 aliphatic heterocycles. The molecule has 4 N–H and O–H groups in total. The number of hydrogen-bond donors (Lipinski definition) is 3. The average Bonchev–Trinajstić information content (AvgIpc) is 3.01. The van der Waals surface area contributed by atoms with E-state index in [9.17, 15) is 9.90 Å². The number of aromatic nitrogens is 1. The number of aliphatic hydroxyl groups is 1. The smallest absolute Gasteiger partial charge is 0.263 e. The van der Waals surface area contributed by atoms with E-state index in [4.69, 9.17) is 5.73 Å². The van der Waals surface area contributed by atoms with Gasteiger partial charge in [0, 0.05) is 12.7 Å². The van der Waals surface area contributed by atoms with E-state index >= 15 is 0 Å². The molecule has 0 radical (unpaired) electrons. The Morgan fingerprint density at radius 1 is 1.55 bits per heavy atom. The van der Waals surface area contributed by atoms with E-state index in [0.29, 0.717) is 28.5 Å². The monoisotopic (exact) mass is 291 g/mol. The second-order valence-electron chi connectivity index (χ2n) is 5.24. The first-order chi connectivity index (χ1) is 9.65. The number of hydrogen-bond acceptors (Lipinski definition) is 5. The van der Waals surface area contributed by atoms with Crippen molar-refractivity contribution in [2.24, 2.45) is 5.92 Å². The summed E-state index contributed by atoms with van der Waals surface area (Å²) in [5, 5.41) is 12.4. The summed E-state index contributed by atoms with van der Waals surface area (Å²) >= 11 is 1.37. The second-order valence-corrected chi connectivity index (χ2v) is 6.29. The van der Waals surface area contributed by atoms with E-state index in [0.717, 1.165) is 24.0 Å². The lowest BCUT2D eigenvalue weighted by Crippen LogP contribution is -2.28. The summed E-state index contributed by atoms with van der Waals surface area (Å²) < 4.78 is 0.923. The third-order valence-corrected chi connectivity index (χ3v) is 4.91. The van der Waals surface area contributed by atoms with Crippen molar-refractivity contribution in [2.45, 2.75) is 25.4 Å². The number of thiophene rings is 1. The molecule has 0 aromatic carbocycles. The molecular formula is C14H17N3O2S. The van der Waals surface area contributed by atoms with Gasteiger partial charge in [-0.15, -0.1) is 11.3 Å². The van der Waals surface area contributed by atoms with Crippen molar-refractivity contribution in [2.75, 3.05) is 12.3 Å². The fourth-order valence-electron chi connectivity index (χ4n) is 2.67. The SMILES string of the molecule is Nc1c(C(=O)NCC2CCC(O)C2)sc2cccnc12. The van der Waals surface area contributed by atoms with Gasteiger partial charge in [0.25, 0.3) is 5.91 Å². The molecule has 106 valence electrons. The lowest BCUT2D eigenvalue weighted by Gasteiger charge is -2.10. The van der Waals surface area contributed by atoms with Crippen LogP contribution in [0, 0.1) is 5.92 Å². The molecule has 3 rings (SSSR count). The molecule has 1 fully saturated rings. The minimum atomic E-state index is -0.213. The summed E-state index contributed by atoms with van der Waals surface area (Å²) in [6, 6.07) is 3.74. The van der Waals surface area contributed by atoms with Crippen LogP contribution in [-0.2, 0) is 0 Å². The van der Waals surface area contributed by atoms with E-state index < -0.39 is 0 Å². The number of anilines is 1. The third kappa shape index (κ3) is 2.48. The number of rotatable bonds is 3. The first kappa shape index (κ1) is 13.3. The molecule has 2 aromatic heterocycles. The van der Waals surface area contributed by atoms with Crippen LogP contribution in [0.2, 0.25) is 0 Å². The van der Waals surface area contributed by atoms with Gasteiger partial charge in [-0.1, -0.05) is 0 Å². The minimum Gasteiger partial charge on any atom is -0.396 e. The number of nitrogens with one attached hydrogen (secondary N) is 1. The van der Waals surface area contributed by atoms with Crippen molar-refractivity contribution < 1.29 is 9.90 Å². The van der Waals surface area contributed by atoms with Gasteiger partial charge >= 0.3 is 0 Å². The Bertz CT molecular complexity index is 640. The molecule has 0 bridgehead atoms. The van der Waals surface area contributed by atoms with Gasteiger partial charge in [-0.25, -0.2) is 0 Å². The fourth-order valence-corrected chi connectivity index (χ4v) is 3.66. The number of nitrogens with zero attached hydrogens (tertiary/aromatic N) is 1. The van der Waals surface area contributed by atoms with Crippen molar-refractivity contribution in [1.82, 2.24) is 10.3 Å². The van der Waals surface area contributed by atoms with Crippen molar-refractivity contribution >= 4 is 33.1 Å². The number of carbonyl (C=O) groups is 1. The number of nitrogens with two attached hydrogens (primary N) is 1. The largest absolute Gasteiger partial charge is 0.396 e. The normalized spacial score (nSPS) is 22.2. The molecule has 2 aromatic rings. The van der Waals surface area contributed by atoms with Crippen LogP contribution in [0.5, 0.6) is 0 Å². The predicted octanol–water partition coefficient (Wildman–Crippen LogP) is 1.77. The molecule has 0 spiro atoms. The molecule has 2 atom stereocenters. The third-order valence-electron chi connectivity index (χ3n) is 3.75. The first-order valence-corrected chi connectivity index (χ1v) is 7.56. The molecule has 2 unspecified atom stereocenters. The summed E-state index contributed by atoms with van der Waals surface area (Å²) in [7, 11) is 0. The lowest BCUT2D eigenvalue weighted by molar-refractivity contribution is 0.0950. The van der Waals surface area contributed by atoms with Gasteiger partial charge in [0.1, 0.15) is 10.4 Å². The highest BCUT2D eigenvalue weighted by molar-refractivity contribution is 7.21. The fraction of sp³-hybridized carbons (Fsp3) is 0.429. The zero-order chi connectivity index (χ0) is 14.1. The maximum atomic E-state index is 12.2. The summed E-state index contributed by atoms with van der Waals surface area (Å²) in [6.45, 7) is 0.594. The predicted molar refractivity (Wildman–Crippen MR) is 79.7 cm³/mol. The number of pyridine rings is 1. The molecule has 0 saturated heterocycles. The maximum absolute atomic E-state index is 12.2. The van der Waals surface area contributed by atoms with Crippen molar-refractivity contribution in [1.29, 1.82) is 0 Å². The highest BCUT2D eigenvalue weighted by Crippen LogP contribution is 2.32. The van der Waals surface area contributed by atoms with E-state index in [2.05, 4.69) is 10.3 Å². The van der Waals surface area contributed by atoms with E-state index in [1.807, 2.05) is 12.1 Å². The molecule has 1 saturated carbocycles. The Hall–Kier alpha value is -1.66. The summed E-state index contributed by atoms with van der Waals surface area (Å²) in [4.78, 5) is 16.9. The van der Waals surface area contributed by atoms with Crippen molar-refractivity contribution in [3.05, 3.63) is 23.2 Å². The average molecular weight is 291 g/mol. The van der Waals surface area contributed by atoms with Gasteiger partial charge in [-0.3, -0.25) is 9.78 Å². The van der Waals surface area contributed by atoms with Crippen LogP contribution in [0.15, 0.2) is 18.3 Å². The van der Waals surface area contributed by atoms with Crippen LogP contribution in [0.1, 0.15) is 28.9 Å². The topological polar surface area (TPSA) is 88.2 Å². The summed E-state index contributed by atoms with van der Waals surface area (Å²) in [5.41, 5.74) is 7.14. The van der Waals surface area contributed by atoms with E-state index in [-0.39, 0.29) is 12.0 Å². The molecule has 6 heteroatoms. The van der Waals surface area contributed by atoms with Gasteiger partial charge < -0.3 is 16.2 Å². The number of fused-ring (bicyclic) bond motifs is 1. The lowest BCUT2D eigenvalue weighted by atomic mass is 10.1. The summed E-state index contributed by atoms with van der Waals surface area (Å²) in [6.07, 6.45) is 4.02. The number of nitrogen functional groups attached to an aromatic ring is 1. The molecular weight excluding hydrogens is 274 g/mol. The molecule has 2 heterocycles. The highest BCUT2D eigenvalue weighted by Gasteiger charge is 2.24. The van der Waals surface area contributed by atoms with Crippen LogP contribution in [0.4, 0.5) is 5.69 Å². The van der Waals surface area contributed by atoms with Crippen LogP contribution >= 0.6 is 11.3 Å². The molecule has 5 nitrogen and oxygen atoms in total. The maximum Gasteiger partial charge on any atom is 0.263 e. The standard InChI is InChI=1S/C14H17N3O2S/c15-11-12-10(2-1-5-16-12)20-13(11)14(19)17-7-8-3-4-9(18)6-8/h1-2,5,8-9,18H,3-4,6-7,15H2,(H,17,19). The first-order valence-electron chi connectivity index (χ1n) is 6.74. The molecule has 1 amide bonds. The molecule has 1 aliphatic carbocycles. The van der Waals surface area contributed by atoms with Crippen molar-refractivity contribution in [3.8, 4) is 0 Å². The Kier molecular flexibility index (Phi) is 3.58. The molecule has 1 aliphatic rings. The molecule has 20 heavy (non-hydrogen) atoms. The van der Waals surface area contributed by atoms with Crippen LogP contribution in [0.25, 0.3) is 10.2 Å². The van der Waals surface area contributed by atoms with E-state index in [1.165, 1.54) is 11.3 Å². The van der Waals surface area contributed by atoms with Crippen LogP contribution < -0.4 is 11.1 Å². The van der Waals surface area contributed by atoms with Gasteiger partial charge in [0.05, 0.1) is 16.5 Å². The Labute approximate surface area is 120 Å². The van der Waals surface area contributed by atoms with Crippen LogP contribution in [-0.4, -0.2) is 28.6 Å². The second kappa shape index (κ2) is 5.38. The quantitative estimate of drug-likeness (QED) is 0.804. The van der Waals surface area contributed by atoms with Gasteiger partial charge in [-0.05, 0) is 37.3 Å². The highest BCUT2D eigenvalue weighted by atomic mass is 32.1. The van der Waals surface area contributed by atoms with Gasteiger partial charge in [0.2, 0.25) is 0 Å². The van der Waals surface area contributed by atoms with Crippen LogP contribution in [0.3, 0.4) is 0 Å². The summed E-state index contributed by atoms with van der Waals surface area (Å²) in [5.74, 6) is 0.217. The van der Waals surface area contributed by atoms with E-state index in [1.54, 1.807) is 6.20 Å². The number of carbonyl (C=O) groups excluding carboxylic acids is 1. The Balaban J connectivity index is 1.71. The zero-order valence-electron chi connectivity index (χ0n) is 11.0. The number of aliphatic hydroxyl groups excluding tert-OH is 1. The Morgan fingerprint density at radius 3 is 3.10 bits per heavy atom. The Morgan fingerprint density at radius 2 is 2.40 bits per heavy atom. The number of amides is 1. The van der Waals surface area contributed by atoms with Crippen molar-refractivity contribution in [3.63, 3.8) is 0 Å². The zero-order valence-corrected chi connectivity index (χ0v) is 11.8.